The Morgan fingerprint density at radius 2 is 2.00 bits per heavy atom. The molecule has 0 aliphatic rings. The lowest BCUT2D eigenvalue weighted by Gasteiger charge is -2.14. The molecule has 5 heteroatoms. The van der Waals surface area contributed by atoms with Crippen molar-refractivity contribution < 1.29 is 4.79 Å². The minimum atomic E-state index is -0.0330. The molecule has 0 aliphatic heterocycles. The highest BCUT2D eigenvalue weighted by Crippen LogP contribution is 2.22. The van der Waals surface area contributed by atoms with Gasteiger partial charge in [0.05, 0.1) is 9.35 Å². The number of hydrogen-bond donors (Lipinski definition) is 2. The minimum Gasteiger partial charge on any atom is -0.382 e. The van der Waals surface area contributed by atoms with E-state index in [2.05, 4.69) is 46.5 Å². The Morgan fingerprint density at radius 3 is 2.67 bits per heavy atom. The van der Waals surface area contributed by atoms with Gasteiger partial charge in [-0.3, -0.25) is 4.79 Å². The molecule has 0 unspecified atom stereocenters. The Hall–Kier alpha value is -1.33. The molecule has 21 heavy (non-hydrogen) atoms. The van der Waals surface area contributed by atoms with Crippen molar-refractivity contribution in [3.8, 4) is 0 Å². The molecule has 0 saturated carbocycles. The summed E-state index contributed by atoms with van der Waals surface area (Å²) in [7, 11) is 0. The lowest BCUT2D eigenvalue weighted by molar-refractivity contribution is 0.0955. The van der Waals surface area contributed by atoms with Crippen LogP contribution < -0.4 is 10.6 Å². The highest BCUT2D eigenvalue weighted by molar-refractivity contribution is 9.11. The third-order valence-electron chi connectivity index (χ3n) is 2.90. The van der Waals surface area contributed by atoms with Gasteiger partial charge in [-0.15, -0.1) is 11.3 Å². The Kier molecular flexibility index (Phi) is 5.82. The zero-order chi connectivity index (χ0) is 15.2. The first-order valence-electron chi connectivity index (χ1n) is 6.94. The van der Waals surface area contributed by atoms with Gasteiger partial charge < -0.3 is 10.6 Å². The van der Waals surface area contributed by atoms with Gasteiger partial charge in [-0.25, -0.2) is 0 Å². The molecule has 112 valence electrons. The lowest BCUT2D eigenvalue weighted by Crippen LogP contribution is -2.27. The van der Waals surface area contributed by atoms with Gasteiger partial charge >= 0.3 is 0 Å². The van der Waals surface area contributed by atoms with Crippen molar-refractivity contribution in [1.29, 1.82) is 0 Å². The molecule has 0 atom stereocenters. The number of rotatable bonds is 6. The van der Waals surface area contributed by atoms with E-state index in [1.165, 1.54) is 4.88 Å². The second kappa shape index (κ2) is 7.61. The molecule has 0 saturated heterocycles. The van der Waals surface area contributed by atoms with Crippen LogP contribution in [-0.2, 0) is 6.42 Å². The lowest BCUT2D eigenvalue weighted by atomic mass is 10.1. The number of hydrogen-bond acceptors (Lipinski definition) is 3. The van der Waals surface area contributed by atoms with Crippen LogP contribution in [0.5, 0.6) is 0 Å². The van der Waals surface area contributed by atoms with E-state index in [4.69, 9.17) is 0 Å². The topological polar surface area (TPSA) is 41.1 Å². The molecule has 0 spiro atoms. The molecular formula is C16H19BrN2OS. The SMILES string of the molecule is CC(C)Nc1ccccc1C(=O)NCCc1ccc(Br)s1. The molecule has 0 aliphatic carbocycles. The van der Waals surface area contributed by atoms with E-state index in [9.17, 15) is 4.79 Å². The van der Waals surface area contributed by atoms with Gasteiger partial charge in [0, 0.05) is 23.2 Å². The summed E-state index contributed by atoms with van der Waals surface area (Å²) < 4.78 is 1.12. The molecule has 1 aromatic carbocycles. The maximum absolute atomic E-state index is 12.3. The first-order valence-corrected chi connectivity index (χ1v) is 8.55. The number of anilines is 1. The fraction of sp³-hybridized carbons (Fsp3) is 0.312. The summed E-state index contributed by atoms with van der Waals surface area (Å²) in [6.07, 6.45) is 0.849. The Morgan fingerprint density at radius 1 is 1.24 bits per heavy atom. The molecule has 1 amide bonds. The summed E-state index contributed by atoms with van der Waals surface area (Å²) in [4.78, 5) is 13.5. The highest BCUT2D eigenvalue weighted by atomic mass is 79.9. The first-order chi connectivity index (χ1) is 10.1. The van der Waals surface area contributed by atoms with Crippen LogP contribution in [0, 0.1) is 0 Å². The zero-order valence-corrected chi connectivity index (χ0v) is 14.6. The Balaban J connectivity index is 1.94. The monoisotopic (exact) mass is 366 g/mol. The number of carbonyl (C=O) groups is 1. The number of para-hydroxylation sites is 1. The van der Waals surface area contributed by atoms with E-state index in [0.717, 1.165) is 15.9 Å². The number of benzene rings is 1. The summed E-state index contributed by atoms with van der Waals surface area (Å²) >= 11 is 5.14. The van der Waals surface area contributed by atoms with Gasteiger partial charge in [-0.1, -0.05) is 12.1 Å². The van der Waals surface area contributed by atoms with Crippen LogP contribution in [0.3, 0.4) is 0 Å². The molecule has 0 bridgehead atoms. The van der Waals surface area contributed by atoms with Crippen molar-refractivity contribution in [3.05, 3.63) is 50.6 Å². The number of halogens is 1. The van der Waals surface area contributed by atoms with E-state index < -0.39 is 0 Å². The van der Waals surface area contributed by atoms with Crippen molar-refractivity contribution in [2.45, 2.75) is 26.3 Å². The molecule has 2 aromatic rings. The second-order valence-corrected chi connectivity index (χ2v) is 7.60. The van der Waals surface area contributed by atoms with E-state index in [1.807, 2.05) is 30.3 Å². The van der Waals surface area contributed by atoms with E-state index in [0.29, 0.717) is 18.2 Å². The van der Waals surface area contributed by atoms with Gasteiger partial charge in [-0.2, -0.15) is 0 Å². The average molecular weight is 367 g/mol. The van der Waals surface area contributed by atoms with E-state index >= 15 is 0 Å². The predicted octanol–water partition coefficient (Wildman–Crippen LogP) is 4.30. The van der Waals surface area contributed by atoms with Crippen molar-refractivity contribution in [1.82, 2.24) is 5.32 Å². The van der Waals surface area contributed by atoms with E-state index in [-0.39, 0.29) is 5.91 Å². The van der Waals surface area contributed by atoms with Crippen LogP contribution in [-0.4, -0.2) is 18.5 Å². The predicted molar refractivity (Wildman–Crippen MR) is 93.3 cm³/mol. The van der Waals surface area contributed by atoms with Crippen molar-refractivity contribution in [3.63, 3.8) is 0 Å². The smallest absolute Gasteiger partial charge is 0.253 e. The first kappa shape index (κ1) is 16.0. The summed E-state index contributed by atoms with van der Waals surface area (Å²) in [5.74, 6) is -0.0330. The normalized spacial score (nSPS) is 10.7. The maximum Gasteiger partial charge on any atom is 0.253 e. The van der Waals surface area contributed by atoms with Crippen molar-refractivity contribution in [2.75, 3.05) is 11.9 Å². The fourth-order valence-electron chi connectivity index (χ4n) is 2.00. The molecule has 0 fully saturated rings. The largest absolute Gasteiger partial charge is 0.382 e. The molecule has 0 radical (unpaired) electrons. The minimum absolute atomic E-state index is 0.0330. The van der Waals surface area contributed by atoms with Gasteiger partial charge in [0.1, 0.15) is 0 Å². The molecular weight excluding hydrogens is 348 g/mol. The summed E-state index contributed by atoms with van der Waals surface area (Å²) in [5, 5.41) is 6.28. The molecule has 2 N–H and O–H groups in total. The third kappa shape index (κ3) is 4.86. The fourth-order valence-corrected chi connectivity index (χ4v) is 3.48. The van der Waals surface area contributed by atoms with Gasteiger partial charge in [0.25, 0.3) is 5.91 Å². The number of thiophene rings is 1. The molecule has 1 heterocycles. The Labute approximate surface area is 137 Å². The summed E-state index contributed by atoms with van der Waals surface area (Å²) in [5.41, 5.74) is 1.57. The molecule has 2 rings (SSSR count). The Bertz CT molecular complexity index is 610. The standard InChI is InChI=1S/C16H19BrN2OS/c1-11(2)19-14-6-4-3-5-13(14)16(20)18-10-9-12-7-8-15(17)21-12/h3-8,11,19H,9-10H2,1-2H3,(H,18,20). The van der Waals surface area contributed by atoms with E-state index in [1.54, 1.807) is 11.3 Å². The van der Waals surface area contributed by atoms with Gasteiger partial charge in [0.15, 0.2) is 0 Å². The van der Waals surface area contributed by atoms with Crippen molar-refractivity contribution in [2.24, 2.45) is 0 Å². The molecule has 1 aromatic heterocycles. The van der Waals surface area contributed by atoms with Gasteiger partial charge in [0.2, 0.25) is 0 Å². The number of amides is 1. The average Bonchev–Trinajstić information content (AvgIpc) is 2.84. The maximum atomic E-state index is 12.3. The number of nitrogens with one attached hydrogen (secondary N) is 2. The van der Waals surface area contributed by atoms with Crippen LogP contribution >= 0.6 is 27.3 Å². The molecule has 3 nitrogen and oxygen atoms in total. The van der Waals surface area contributed by atoms with Crippen molar-refractivity contribution >= 4 is 38.9 Å². The highest BCUT2D eigenvalue weighted by Gasteiger charge is 2.11. The second-order valence-electron chi connectivity index (χ2n) is 5.06. The summed E-state index contributed by atoms with van der Waals surface area (Å²) in [6.45, 7) is 4.76. The quantitative estimate of drug-likeness (QED) is 0.799. The van der Waals surface area contributed by atoms with Crippen LogP contribution in [0.4, 0.5) is 5.69 Å². The third-order valence-corrected chi connectivity index (χ3v) is 4.59. The zero-order valence-electron chi connectivity index (χ0n) is 12.2. The van der Waals surface area contributed by atoms with Gasteiger partial charge in [-0.05, 0) is 60.5 Å². The van der Waals surface area contributed by atoms with Crippen LogP contribution in [0.25, 0.3) is 0 Å². The van der Waals surface area contributed by atoms with Crippen LogP contribution in [0.2, 0.25) is 0 Å². The number of carbonyl (C=O) groups excluding carboxylic acids is 1. The van der Waals surface area contributed by atoms with Crippen LogP contribution in [0.15, 0.2) is 40.2 Å². The summed E-state index contributed by atoms with van der Waals surface area (Å²) in [6, 6.07) is 12.0. The van der Waals surface area contributed by atoms with Crippen LogP contribution in [0.1, 0.15) is 29.1 Å².